The molecule has 0 saturated carbocycles. The van der Waals surface area contributed by atoms with Crippen molar-refractivity contribution in [3.8, 4) is 0 Å². The lowest BCUT2D eigenvalue weighted by Crippen LogP contribution is -2.40. The van der Waals surface area contributed by atoms with E-state index in [1.807, 2.05) is 0 Å². The highest BCUT2D eigenvalue weighted by molar-refractivity contribution is 5.24. The van der Waals surface area contributed by atoms with Gasteiger partial charge in [0.2, 0.25) is 0 Å². The molecule has 2 heterocycles. The number of aryl methyl sites for hydroxylation is 1. The van der Waals surface area contributed by atoms with E-state index in [9.17, 15) is 0 Å². The molecule has 0 radical (unpaired) electrons. The molecule has 0 aliphatic carbocycles. The molecule has 1 atom stereocenters. The van der Waals surface area contributed by atoms with Crippen LogP contribution in [-0.2, 0) is 9.47 Å². The van der Waals surface area contributed by atoms with Crippen LogP contribution in [0.25, 0.3) is 0 Å². The summed E-state index contributed by atoms with van der Waals surface area (Å²) in [6.45, 7) is 8.52. The van der Waals surface area contributed by atoms with E-state index < -0.39 is 0 Å². The maximum Gasteiger partial charge on any atom is 0.0622 e. The Balaban J connectivity index is 1.48. The van der Waals surface area contributed by atoms with Crippen molar-refractivity contribution in [2.75, 3.05) is 26.3 Å². The van der Waals surface area contributed by atoms with Gasteiger partial charge in [-0.2, -0.15) is 0 Å². The van der Waals surface area contributed by atoms with Gasteiger partial charge in [0.05, 0.1) is 12.2 Å². The lowest BCUT2D eigenvalue weighted by molar-refractivity contribution is -0.0869. The fourth-order valence-corrected chi connectivity index (χ4v) is 3.62. The smallest absolute Gasteiger partial charge is 0.0622 e. The van der Waals surface area contributed by atoms with Crippen molar-refractivity contribution >= 4 is 0 Å². The Labute approximate surface area is 134 Å². The van der Waals surface area contributed by atoms with E-state index in [2.05, 4.69) is 43.0 Å². The van der Waals surface area contributed by atoms with Gasteiger partial charge in [-0.1, -0.05) is 29.8 Å². The molecular formula is C19H29NO2. The first kappa shape index (κ1) is 16.0. The van der Waals surface area contributed by atoms with E-state index in [4.69, 9.17) is 9.47 Å². The molecule has 2 saturated heterocycles. The number of likely N-dealkylation sites (tertiary alicyclic amines) is 1. The molecule has 122 valence electrons. The third-order valence-corrected chi connectivity index (χ3v) is 5.10. The molecule has 1 aromatic rings. The summed E-state index contributed by atoms with van der Waals surface area (Å²) in [4.78, 5) is 2.60. The number of ether oxygens (including phenoxy) is 2. The SMILES string of the molecule is Cc1cccc(C(C)N2CCC(OC3CCOCC3)CC2)c1. The molecule has 0 spiro atoms. The largest absolute Gasteiger partial charge is 0.381 e. The van der Waals surface area contributed by atoms with Crippen molar-refractivity contribution in [2.24, 2.45) is 0 Å². The topological polar surface area (TPSA) is 21.7 Å². The van der Waals surface area contributed by atoms with Crippen LogP contribution in [0.5, 0.6) is 0 Å². The molecule has 0 bridgehead atoms. The minimum atomic E-state index is 0.430. The number of hydrogen-bond acceptors (Lipinski definition) is 3. The second-order valence-electron chi connectivity index (χ2n) is 6.77. The van der Waals surface area contributed by atoms with Gasteiger partial charge in [0, 0.05) is 32.3 Å². The van der Waals surface area contributed by atoms with Crippen LogP contribution in [0.2, 0.25) is 0 Å². The minimum Gasteiger partial charge on any atom is -0.381 e. The minimum absolute atomic E-state index is 0.430. The second-order valence-corrected chi connectivity index (χ2v) is 6.77. The quantitative estimate of drug-likeness (QED) is 0.846. The van der Waals surface area contributed by atoms with Crippen LogP contribution in [0.3, 0.4) is 0 Å². The van der Waals surface area contributed by atoms with Crippen LogP contribution in [-0.4, -0.2) is 43.4 Å². The molecule has 2 aliphatic heterocycles. The van der Waals surface area contributed by atoms with Gasteiger partial charge < -0.3 is 9.47 Å². The Morgan fingerprint density at radius 1 is 1.09 bits per heavy atom. The first-order valence-electron chi connectivity index (χ1n) is 8.76. The van der Waals surface area contributed by atoms with Gasteiger partial charge in [0.15, 0.2) is 0 Å². The van der Waals surface area contributed by atoms with E-state index >= 15 is 0 Å². The van der Waals surface area contributed by atoms with E-state index in [1.54, 1.807) is 0 Å². The van der Waals surface area contributed by atoms with Gasteiger partial charge in [-0.05, 0) is 45.1 Å². The standard InChI is InChI=1S/C19H29NO2/c1-15-4-3-5-17(14-15)16(2)20-10-6-18(7-11-20)22-19-8-12-21-13-9-19/h3-5,14,16,18-19H,6-13H2,1-2H3. The third-order valence-electron chi connectivity index (χ3n) is 5.10. The number of piperidine rings is 1. The van der Waals surface area contributed by atoms with Gasteiger partial charge in [-0.25, -0.2) is 0 Å². The molecule has 1 unspecified atom stereocenters. The summed E-state index contributed by atoms with van der Waals surface area (Å²) in [6.07, 6.45) is 5.34. The molecule has 2 aliphatic rings. The van der Waals surface area contributed by atoms with Crippen LogP contribution < -0.4 is 0 Å². The fourth-order valence-electron chi connectivity index (χ4n) is 3.62. The van der Waals surface area contributed by atoms with E-state index in [0.29, 0.717) is 18.2 Å². The molecule has 1 aromatic carbocycles. The Bertz CT molecular complexity index is 462. The number of benzene rings is 1. The molecule has 0 N–H and O–H groups in total. The maximum absolute atomic E-state index is 6.28. The zero-order valence-electron chi connectivity index (χ0n) is 14.0. The van der Waals surface area contributed by atoms with Crippen molar-refractivity contribution in [3.05, 3.63) is 35.4 Å². The van der Waals surface area contributed by atoms with E-state index in [0.717, 1.165) is 52.0 Å². The predicted molar refractivity (Wildman–Crippen MR) is 89.1 cm³/mol. The summed E-state index contributed by atoms with van der Waals surface area (Å²) in [7, 11) is 0. The van der Waals surface area contributed by atoms with Crippen molar-refractivity contribution in [3.63, 3.8) is 0 Å². The molecule has 0 aromatic heterocycles. The Kier molecular flexibility index (Phi) is 5.51. The summed E-state index contributed by atoms with van der Waals surface area (Å²) in [5.74, 6) is 0. The molecule has 3 rings (SSSR count). The van der Waals surface area contributed by atoms with Crippen LogP contribution in [0.1, 0.15) is 49.8 Å². The van der Waals surface area contributed by atoms with Crippen LogP contribution in [0.4, 0.5) is 0 Å². The van der Waals surface area contributed by atoms with E-state index in [1.165, 1.54) is 11.1 Å². The Hall–Kier alpha value is -0.900. The average molecular weight is 303 g/mol. The van der Waals surface area contributed by atoms with Crippen LogP contribution >= 0.6 is 0 Å². The lowest BCUT2D eigenvalue weighted by atomic mass is 10.00. The van der Waals surface area contributed by atoms with Gasteiger partial charge in [-0.15, -0.1) is 0 Å². The second kappa shape index (κ2) is 7.58. The van der Waals surface area contributed by atoms with Gasteiger partial charge in [0.25, 0.3) is 0 Å². The summed E-state index contributed by atoms with van der Waals surface area (Å²) >= 11 is 0. The lowest BCUT2D eigenvalue weighted by Gasteiger charge is -2.38. The van der Waals surface area contributed by atoms with Crippen molar-refractivity contribution in [1.29, 1.82) is 0 Å². The fraction of sp³-hybridized carbons (Fsp3) is 0.684. The number of hydrogen-bond donors (Lipinski definition) is 0. The zero-order valence-corrected chi connectivity index (χ0v) is 14.0. The van der Waals surface area contributed by atoms with Crippen LogP contribution in [0.15, 0.2) is 24.3 Å². The van der Waals surface area contributed by atoms with E-state index in [-0.39, 0.29) is 0 Å². The Morgan fingerprint density at radius 2 is 1.77 bits per heavy atom. The summed E-state index contributed by atoms with van der Waals surface area (Å²) < 4.78 is 11.7. The van der Waals surface area contributed by atoms with Crippen molar-refractivity contribution in [1.82, 2.24) is 4.90 Å². The van der Waals surface area contributed by atoms with Crippen LogP contribution in [0, 0.1) is 6.92 Å². The molecule has 0 amide bonds. The van der Waals surface area contributed by atoms with Gasteiger partial charge in [0.1, 0.15) is 0 Å². The zero-order chi connectivity index (χ0) is 15.4. The molecular weight excluding hydrogens is 274 g/mol. The highest BCUT2D eigenvalue weighted by Gasteiger charge is 2.26. The van der Waals surface area contributed by atoms with Gasteiger partial charge in [-0.3, -0.25) is 4.90 Å². The normalized spacial score (nSPS) is 23.5. The first-order chi connectivity index (χ1) is 10.7. The maximum atomic E-state index is 6.28. The number of rotatable bonds is 4. The summed E-state index contributed by atoms with van der Waals surface area (Å²) in [5.41, 5.74) is 2.78. The summed E-state index contributed by atoms with van der Waals surface area (Å²) in [5, 5.41) is 0. The summed E-state index contributed by atoms with van der Waals surface area (Å²) in [6, 6.07) is 9.41. The molecule has 2 fully saturated rings. The number of nitrogens with zero attached hydrogens (tertiary/aromatic N) is 1. The highest BCUT2D eigenvalue weighted by Crippen LogP contribution is 2.27. The molecule has 3 nitrogen and oxygen atoms in total. The Morgan fingerprint density at radius 3 is 2.45 bits per heavy atom. The average Bonchev–Trinajstić information content (AvgIpc) is 2.56. The van der Waals surface area contributed by atoms with Gasteiger partial charge >= 0.3 is 0 Å². The first-order valence-corrected chi connectivity index (χ1v) is 8.76. The molecule has 22 heavy (non-hydrogen) atoms. The third kappa shape index (κ3) is 4.09. The van der Waals surface area contributed by atoms with Crippen molar-refractivity contribution in [2.45, 2.75) is 57.8 Å². The van der Waals surface area contributed by atoms with Crippen molar-refractivity contribution < 1.29 is 9.47 Å². The monoisotopic (exact) mass is 303 g/mol. The highest BCUT2D eigenvalue weighted by atomic mass is 16.5. The molecule has 3 heteroatoms. The predicted octanol–water partition coefficient (Wildman–Crippen LogP) is 3.72.